The van der Waals surface area contributed by atoms with Crippen LogP contribution in [0.25, 0.3) is 11.3 Å². The Balaban J connectivity index is 1.75. The molecule has 1 aliphatic rings. The van der Waals surface area contributed by atoms with Crippen LogP contribution in [0.1, 0.15) is 16.9 Å². The molecule has 1 saturated heterocycles. The number of rotatable bonds is 3. The van der Waals surface area contributed by atoms with Crippen LogP contribution in [-0.2, 0) is 0 Å². The number of likely N-dealkylation sites (tertiary alicyclic amines) is 1. The summed E-state index contributed by atoms with van der Waals surface area (Å²) in [5.74, 6) is 0.165. The number of carbonyl (C=O) groups excluding carboxylic acids is 1. The van der Waals surface area contributed by atoms with E-state index < -0.39 is 0 Å². The summed E-state index contributed by atoms with van der Waals surface area (Å²) in [6, 6.07) is 8.75. The molecule has 2 aromatic rings. The maximum atomic E-state index is 12.5. The molecule has 1 fully saturated rings. The number of nitrogens with one attached hydrogen (secondary N) is 1. The second-order valence-corrected chi connectivity index (χ2v) is 5.83. The van der Waals surface area contributed by atoms with Gasteiger partial charge < -0.3 is 14.9 Å². The summed E-state index contributed by atoms with van der Waals surface area (Å²) in [5, 5.41) is 16.3. The van der Waals surface area contributed by atoms with Crippen LogP contribution in [0.2, 0.25) is 0 Å². The Kier molecular flexibility index (Phi) is 3.85. The molecule has 0 spiro atoms. The van der Waals surface area contributed by atoms with Crippen molar-refractivity contribution in [2.24, 2.45) is 0 Å². The SMILES string of the molecule is CN1CC[C@H](N(C)C(=O)c2cc(-c3ccc(O)cc3)n[nH]2)C1. The Hall–Kier alpha value is -2.34. The van der Waals surface area contributed by atoms with Crippen LogP contribution in [0.3, 0.4) is 0 Å². The minimum atomic E-state index is -0.0437. The molecule has 1 aliphatic heterocycles. The van der Waals surface area contributed by atoms with Gasteiger partial charge in [0, 0.05) is 25.2 Å². The summed E-state index contributed by atoms with van der Waals surface area (Å²) < 4.78 is 0. The summed E-state index contributed by atoms with van der Waals surface area (Å²) in [7, 11) is 3.91. The molecule has 2 N–H and O–H groups in total. The molecule has 0 radical (unpaired) electrons. The van der Waals surface area contributed by atoms with Gasteiger partial charge in [0.15, 0.2) is 0 Å². The molecule has 6 heteroatoms. The van der Waals surface area contributed by atoms with Gasteiger partial charge in [-0.3, -0.25) is 9.89 Å². The maximum Gasteiger partial charge on any atom is 0.271 e. The van der Waals surface area contributed by atoms with Gasteiger partial charge in [0.05, 0.1) is 5.69 Å². The van der Waals surface area contributed by atoms with E-state index in [1.54, 1.807) is 35.2 Å². The van der Waals surface area contributed by atoms with E-state index in [1.807, 2.05) is 7.05 Å². The highest BCUT2D eigenvalue weighted by atomic mass is 16.3. The average Bonchev–Trinajstić information content (AvgIpc) is 3.15. The fourth-order valence-electron chi connectivity index (χ4n) is 2.80. The molecule has 2 heterocycles. The molecule has 1 amide bonds. The van der Waals surface area contributed by atoms with Gasteiger partial charge in [-0.2, -0.15) is 5.10 Å². The summed E-state index contributed by atoms with van der Waals surface area (Å²) in [4.78, 5) is 16.5. The minimum absolute atomic E-state index is 0.0437. The van der Waals surface area contributed by atoms with E-state index in [-0.39, 0.29) is 17.7 Å². The van der Waals surface area contributed by atoms with Crippen molar-refractivity contribution in [2.75, 3.05) is 27.2 Å². The predicted octanol–water partition coefficient (Wildman–Crippen LogP) is 1.56. The van der Waals surface area contributed by atoms with Crippen LogP contribution in [0.15, 0.2) is 30.3 Å². The molecule has 3 rings (SSSR count). The van der Waals surface area contributed by atoms with Gasteiger partial charge in [0.1, 0.15) is 11.4 Å². The number of aromatic nitrogens is 2. The van der Waals surface area contributed by atoms with Crippen molar-refractivity contribution >= 4 is 5.91 Å². The third kappa shape index (κ3) is 2.82. The minimum Gasteiger partial charge on any atom is -0.508 e. The third-order valence-corrected chi connectivity index (χ3v) is 4.21. The Morgan fingerprint density at radius 2 is 2.14 bits per heavy atom. The molecule has 1 aromatic heterocycles. The van der Waals surface area contributed by atoms with Gasteiger partial charge in [0.25, 0.3) is 5.91 Å². The number of hydrogen-bond acceptors (Lipinski definition) is 4. The van der Waals surface area contributed by atoms with Crippen LogP contribution < -0.4 is 0 Å². The number of nitrogens with zero attached hydrogens (tertiary/aromatic N) is 3. The summed E-state index contributed by atoms with van der Waals surface area (Å²) in [5.41, 5.74) is 2.04. The molecular weight excluding hydrogens is 280 g/mol. The van der Waals surface area contributed by atoms with Gasteiger partial charge in [-0.1, -0.05) is 0 Å². The van der Waals surface area contributed by atoms with E-state index in [1.165, 1.54) is 0 Å². The average molecular weight is 300 g/mol. The highest BCUT2D eigenvalue weighted by Gasteiger charge is 2.27. The second kappa shape index (κ2) is 5.81. The number of phenols is 1. The molecule has 0 aliphatic carbocycles. The lowest BCUT2D eigenvalue weighted by atomic mass is 10.1. The smallest absolute Gasteiger partial charge is 0.271 e. The highest BCUT2D eigenvalue weighted by Crippen LogP contribution is 2.21. The van der Waals surface area contributed by atoms with E-state index in [0.717, 1.165) is 25.1 Å². The van der Waals surface area contributed by atoms with Crippen LogP contribution in [-0.4, -0.2) is 64.2 Å². The number of aromatic hydroxyl groups is 1. The summed E-state index contributed by atoms with van der Waals surface area (Å²) in [6.45, 7) is 1.92. The van der Waals surface area contributed by atoms with Crippen molar-refractivity contribution in [3.8, 4) is 17.0 Å². The number of hydrogen-bond donors (Lipinski definition) is 2. The van der Waals surface area contributed by atoms with E-state index in [0.29, 0.717) is 11.4 Å². The van der Waals surface area contributed by atoms with Crippen LogP contribution in [0, 0.1) is 0 Å². The van der Waals surface area contributed by atoms with Gasteiger partial charge in [-0.15, -0.1) is 0 Å². The van der Waals surface area contributed by atoms with Crippen molar-refractivity contribution in [1.82, 2.24) is 20.0 Å². The number of likely N-dealkylation sites (N-methyl/N-ethyl adjacent to an activating group) is 2. The zero-order valence-corrected chi connectivity index (χ0v) is 12.8. The zero-order valence-electron chi connectivity index (χ0n) is 12.8. The van der Waals surface area contributed by atoms with Crippen molar-refractivity contribution in [1.29, 1.82) is 0 Å². The zero-order chi connectivity index (χ0) is 15.7. The lowest BCUT2D eigenvalue weighted by molar-refractivity contribution is 0.0731. The number of aromatic amines is 1. The van der Waals surface area contributed by atoms with Gasteiger partial charge in [-0.25, -0.2) is 0 Å². The first-order chi connectivity index (χ1) is 10.5. The van der Waals surface area contributed by atoms with Gasteiger partial charge in [0.2, 0.25) is 0 Å². The van der Waals surface area contributed by atoms with E-state index in [4.69, 9.17) is 0 Å². The summed E-state index contributed by atoms with van der Waals surface area (Å²) in [6.07, 6.45) is 0.998. The number of carbonyl (C=O) groups is 1. The Bertz CT molecular complexity index is 665. The molecule has 0 unspecified atom stereocenters. The first kappa shape index (κ1) is 14.6. The van der Waals surface area contributed by atoms with Crippen molar-refractivity contribution in [3.05, 3.63) is 36.0 Å². The van der Waals surface area contributed by atoms with Crippen LogP contribution in [0.4, 0.5) is 0 Å². The van der Waals surface area contributed by atoms with E-state index >= 15 is 0 Å². The standard InChI is InChI=1S/C16H20N4O2/c1-19-8-7-12(10-19)20(2)16(22)15-9-14(17-18-15)11-3-5-13(21)6-4-11/h3-6,9,12,21H,7-8,10H2,1-2H3,(H,17,18)/t12-/m0/s1. The van der Waals surface area contributed by atoms with E-state index in [9.17, 15) is 9.90 Å². The monoisotopic (exact) mass is 300 g/mol. The quantitative estimate of drug-likeness (QED) is 0.902. The third-order valence-electron chi connectivity index (χ3n) is 4.21. The Morgan fingerprint density at radius 3 is 2.77 bits per heavy atom. The lowest BCUT2D eigenvalue weighted by Crippen LogP contribution is -2.38. The van der Waals surface area contributed by atoms with E-state index in [2.05, 4.69) is 22.1 Å². The van der Waals surface area contributed by atoms with Crippen molar-refractivity contribution in [3.63, 3.8) is 0 Å². The predicted molar refractivity (Wildman–Crippen MR) is 83.7 cm³/mol. The molecule has 116 valence electrons. The molecule has 1 aromatic carbocycles. The maximum absolute atomic E-state index is 12.5. The second-order valence-electron chi connectivity index (χ2n) is 5.83. The molecule has 22 heavy (non-hydrogen) atoms. The Labute approximate surface area is 129 Å². The fourth-order valence-corrected chi connectivity index (χ4v) is 2.80. The van der Waals surface area contributed by atoms with Gasteiger partial charge >= 0.3 is 0 Å². The lowest BCUT2D eigenvalue weighted by Gasteiger charge is -2.23. The number of benzene rings is 1. The molecular formula is C16H20N4O2. The highest BCUT2D eigenvalue weighted by molar-refractivity contribution is 5.93. The first-order valence-electron chi connectivity index (χ1n) is 7.35. The molecule has 6 nitrogen and oxygen atoms in total. The topological polar surface area (TPSA) is 72.5 Å². The number of amides is 1. The van der Waals surface area contributed by atoms with Crippen LogP contribution >= 0.6 is 0 Å². The van der Waals surface area contributed by atoms with Crippen LogP contribution in [0.5, 0.6) is 5.75 Å². The Morgan fingerprint density at radius 1 is 1.41 bits per heavy atom. The number of phenolic OH excluding ortho intramolecular Hbond substituents is 1. The summed E-state index contributed by atoms with van der Waals surface area (Å²) >= 11 is 0. The molecule has 0 bridgehead atoms. The molecule has 0 saturated carbocycles. The fraction of sp³-hybridized carbons (Fsp3) is 0.375. The van der Waals surface area contributed by atoms with Crippen molar-refractivity contribution < 1.29 is 9.90 Å². The van der Waals surface area contributed by atoms with Gasteiger partial charge in [-0.05, 0) is 50.3 Å². The normalized spacial score (nSPS) is 18.5. The largest absolute Gasteiger partial charge is 0.508 e. The van der Waals surface area contributed by atoms with Crippen molar-refractivity contribution in [2.45, 2.75) is 12.5 Å². The number of H-pyrrole nitrogens is 1. The molecule has 1 atom stereocenters. The first-order valence-corrected chi connectivity index (χ1v) is 7.35.